The van der Waals surface area contributed by atoms with Crippen molar-refractivity contribution >= 4 is 21.6 Å². The molecule has 1 aliphatic rings. The molecule has 1 N–H and O–H groups in total. The van der Waals surface area contributed by atoms with E-state index < -0.39 is 0 Å². The molecule has 1 fully saturated rings. The molecule has 16 heavy (non-hydrogen) atoms. The van der Waals surface area contributed by atoms with E-state index in [1.54, 1.807) is 0 Å². The standard InChI is InChI=1S/C13H19BrN2/c1-10-6-11(14)8-13(7-10)16-5-3-4-12(9-16)15-2/h6-8,12,15H,3-5,9H2,1-2H3. The van der Waals surface area contributed by atoms with E-state index in [-0.39, 0.29) is 0 Å². The Morgan fingerprint density at radius 1 is 1.38 bits per heavy atom. The summed E-state index contributed by atoms with van der Waals surface area (Å²) in [7, 11) is 2.06. The van der Waals surface area contributed by atoms with E-state index in [4.69, 9.17) is 0 Å². The zero-order valence-electron chi connectivity index (χ0n) is 9.96. The molecule has 1 aromatic carbocycles. The summed E-state index contributed by atoms with van der Waals surface area (Å²) in [4.78, 5) is 2.47. The van der Waals surface area contributed by atoms with Crippen LogP contribution in [-0.2, 0) is 0 Å². The molecule has 1 saturated heterocycles. The molecule has 1 atom stereocenters. The fourth-order valence-corrected chi connectivity index (χ4v) is 2.94. The van der Waals surface area contributed by atoms with Gasteiger partial charge in [-0.15, -0.1) is 0 Å². The maximum Gasteiger partial charge on any atom is 0.0380 e. The number of benzene rings is 1. The Kier molecular flexibility index (Phi) is 3.87. The van der Waals surface area contributed by atoms with Gasteiger partial charge < -0.3 is 10.2 Å². The van der Waals surface area contributed by atoms with Crippen LogP contribution in [0.5, 0.6) is 0 Å². The number of piperidine rings is 1. The van der Waals surface area contributed by atoms with Crippen LogP contribution in [0.1, 0.15) is 18.4 Å². The highest BCUT2D eigenvalue weighted by Crippen LogP contribution is 2.25. The molecule has 1 aliphatic heterocycles. The van der Waals surface area contributed by atoms with E-state index in [0.29, 0.717) is 6.04 Å². The molecular formula is C13H19BrN2. The lowest BCUT2D eigenvalue weighted by molar-refractivity contribution is 0.449. The summed E-state index contributed by atoms with van der Waals surface area (Å²) in [6, 6.07) is 7.27. The zero-order valence-corrected chi connectivity index (χ0v) is 11.5. The third-order valence-electron chi connectivity index (χ3n) is 3.22. The van der Waals surface area contributed by atoms with Crippen molar-refractivity contribution in [3.05, 3.63) is 28.2 Å². The molecule has 0 spiro atoms. The van der Waals surface area contributed by atoms with Gasteiger partial charge in [0.15, 0.2) is 0 Å². The minimum atomic E-state index is 0.632. The smallest absolute Gasteiger partial charge is 0.0380 e. The average Bonchev–Trinajstić information content (AvgIpc) is 2.28. The van der Waals surface area contributed by atoms with Gasteiger partial charge in [0, 0.05) is 29.3 Å². The summed E-state index contributed by atoms with van der Waals surface area (Å²) in [6.45, 7) is 4.44. The van der Waals surface area contributed by atoms with E-state index in [1.165, 1.54) is 35.1 Å². The second-order valence-electron chi connectivity index (χ2n) is 4.56. The van der Waals surface area contributed by atoms with Crippen molar-refractivity contribution in [2.45, 2.75) is 25.8 Å². The van der Waals surface area contributed by atoms with Gasteiger partial charge in [-0.2, -0.15) is 0 Å². The first-order valence-electron chi connectivity index (χ1n) is 5.88. The van der Waals surface area contributed by atoms with Crippen LogP contribution in [-0.4, -0.2) is 26.2 Å². The number of likely N-dealkylation sites (N-methyl/N-ethyl adjacent to an activating group) is 1. The topological polar surface area (TPSA) is 15.3 Å². The van der Waals surface area contributed by atoms with Gasteiger partial charge >= 0.3 is 0 Å². The number of aryl methyl sites for hydroxylation is 1. The van der Waals surface area contributed by atoms with E-state index in [0.717, 1.165) is 6.54 Å². The molecule has 2 rings (SSSR count). The van der Waals surface area contributed by atoms with Gasteiger partial charge in [0.1, 0.15) is 0 Å². The highest BCUT2D eigenvalue weighted by atomic mass is 79.9. The number of halogens is 1. The maximum absolute atomic E-state index is 3.57. The van der Waals surface area contributed by atoms with Crippen LogP contribution in [0.4, 0.5) is 5.69 Å². The number of hydrogen-bond acceptors (Lipinski definition) is 2. The van der Waals surface area contributed by atoms with Gasteiger partial charge in [-0.05, 0) is 50.6 Å². The summed E-state index contributed by atoms with van der Waals surface area (Å²) < 4.78 is 1.18. The van der Waals surface area contributed by atoms with Crippen molar-refractivity contribution in [2.75, 3.05) is 25.0 Å². The molecule has 88 valence electrons. The Morgan fingerprint density at radius 3 is 2.88 bits per heavy atom. The van der Waals surface area contributed by atoms with Gasteiger partial charge in [0.25, 0.3) is 0 Å². The first kappa shape index (κ1) is 11.9. The molecule has 0 saturated carbocycles. The molecule has 0 bridgehead atoms. The SMILES string of the molecule is CNC1CCCN(c2cc(C)cc(Br)c2)C1. The van der Waals surface area contributed by atoms with Gasteiger partial charge in [0.2, 0.25) is 0 Å². The number of anilines is 1. The molecule has 2 nitrogen and oxygen atoms in total. The fourth-order valence-electron chi connectivity index (χ4n) is 2.35. The van der Waals surface area contributed by atoms with Crippen LogP contribution in [0.2, 0.25) is 0 Å². The van der Waals surface area contributed by atoms with Crippen LogP contribution >= 0.6 is 15.9 Å². The lowest BCUT2D eigenvalue weighted by Crippen LogP contribution is -2.44. The van der Waals surface area contributed by atoms with Gasteiger partial charge in [0.05, 0.1) is 0 Å². The van der Waals surface area contributed by atoms with Crippen molar-refractivity contribution in [3.63, 3.8) is 0 Å². The first-order chi connectivity index (χ1) is 7.69. The van der Waals surface area contributed by atoms with Crippen molar-refractivity contribution in [3.8, 4) is 0 Å². The molecule has 0 radical (unpaired) electrons. The molecule has 1 unspecified atom stereocenters. The number of nitrogens with zero attached hydrogens (tertiary/aromatic N) is 1. The quantitative estimate of drug-likeness (QED) is 0.897. The highest BCUT2D eigenvalue weighted by Gasteiger charge is 2.18. The Balaban J connectivity index is 2.16. The molecular weight excluding hydrogens is 264 g/mol. The fraction of sp³-hybridized carbons (Fsp3) is 0.538. The van der Waals surface area contributed by atoms with Crippen molar-refractivity contribution in [1.29, 1.82) is 0 Å². The predicted octanol–water partition coefficient (Wildman–Crippen LogP) is 2.95. The zero-order chi connectivity index (χ0) is 11.5. The summed E-state index contributed by atoms with van der Waals surface area (Å²) in [6.07, 6.45) is 2.57. The van der Waals surface area contributed by atoms with Gasteiger partial charge in [-0.25, -0.2) is 0 Å². The van der Waals surface area contributed by atoms with Crippen LogP contribution < -0.4 is 10.2 Å². The molecule has 0 aromatic heterocycles. The van der Waals surface area contributed by atoms with Crippen molar-refractivity contribution in [1.82, 2.24) is 5.32 Å². The third kappa shape index (κ3) is 2.77. The van der Waals surface area contributed by atoms with Crippen LogP contribution in [0.3, 0.4) is 0 Å². The average molecular weight is 283 g/mol. The summed E-state index contributed by atoms with van der Waals surface area (Å²) in [5, 5.41) is 3.38. The van der Waals surface area contributed by atoms with Gasteiger partial charge in [-0.1, -0.05) is 15.9 Å². The largest absolute Gasteiger partial charge is 0.370 e. The molecule has 0 amide bonds. The van der Waals surface area contributed by atoms with E-state index in [1.807, 2.05) is 0 Å². The molecule has 3 heteroatoms. The minimum Gasteiger partial charge on any atom is -0.370 e. The molecule has 0 aliphatic carbocycles. The third-order valence-corrected chi connectivity index (χ3v) is 3.68. The van der Waals surface area contributed by atoms with E-state index >= 15 is 0 Å². The monoisotopic (exact) mass is 282 g/mol. The second kappa shape index (κ2) is 5.19. The molecule has 1 aromatic rings. The Hall–Kier alpha value is -0.540. The molecule has 1 heterocycles. The van der Waals surface area contributed by atoms with Crippen molar-refractivity contribution < 1.29 is 0 Å². The first-order valence-corrected chi connectivity index (χ1v) is 6.68. The van der Waals surface area contributed by atoms with Crippen LogP contribution in [0, 0.1) is 6.92 Å². The summed E-state index contributed by atoms with van der Waals surface area (Å²) in [5.41, 5.74) is 2.66. The highest BCUT2D eigenvalue weighted by molar-refractivity contribution is 9.10. The Morgan fingerprint density at radius 2 is 2.19 bits per heavy atom. The maximum atomic E-state index is 3.57. The normalized spacial score (nSPS) is 21.2. The van der Waals surface area contributed by atoms with E-state index in [9.17, 15) is 0 Å². The Bertz CT molecular complexity index is 345. The van der Waals surface area contributed by atoms with Gasteiger partial charge in [-0.3, -0.25) is 0 Å². The van der Waals surface area contributed by atoms with Crippen molar-refractivity contribution in [2.24, 2.45) is 0 Å². The number of nitrogens with one attached hydrogen (secondary N) is 1. The predicted molar refractivity (Wildman–Crippen MR) is 73.2 cm³/mol. The van der Waals surface area contributed by atoms with Crippen LogP contribution in [0.25, 0.3) is 0 Å². The lowest BCUT2D eigenvalue weighted by Gasteiger charge is -2.34. The minimum absolute atomic E-state index is 0.632. The van der Waals surface area contributed by atoms with Crippen LogP contribution in [0.15, 0.2) is 22.7 Å². The van der Waals surface area contributed by atoms with E-state index in [2.05, 4.69) is 58.3 Å². The Labute approximate surface area is 106 Å². The summed E-state index contributed by atoms with van der Waals surface area (Å²) >= 11 is 3.57. The number of rotatable bonds is 2. The lowest BCUT2D eigenvalue weighted by atomic mass is 10.0. The number of hydrogen-bond donors (Lipinski definition) is 1. The summed E-state index contributed by atoms with van der Waals surface area (Å²) in [5.74, 6) is 0. The second-order valence-corrected chi connectivity index (χ2v) is 5.48.